The van der Waals surface area contributed by atoms with Crippen molar-refractivity contribution in [2.45, 2.75) is 26.4 Å². The molecule has 0 bridgehead atoms. The topological polar surface area (TPSA) is 61.4 Å². The largest absolute Gasteiger partial charge is 0.336 e. The van der Waals surface area contributed by atoms with E-state index in [0.29, 0.717) is 6.54 Å². The predicted molar refractivity (Wildman–Crippen MR) is 82.3 cm³/mol. The van der Waals surface area contributed by atoms with Crippen molar-refractivity contribution >= 4 is 27.9 Å². The van der Waals surface area contributed by atoms with E-state index in [1.54, 1.807) is 0 Å². The number of carbonyl (C=O) groups is 2. The Morgan fingerprint density at radius 1 is 1.25 bits per heavy atom. The molecule has 3 amide bonds. The number of benzene rings is 1. The van der Waals surface area contributed by atoms with Crippen LogP contribution < -0.4 is 10.6 Å². The molecule has 1 rings (SSSR count). The second-order valence-corrected chi connectivity index (χ2v) is 5.89. The number of carbonyl (C=O) groups excluding carboxylic acids is 2. The molecule has 5 nitrogen and oxygen atoms in total. The molecule has 6 heteroatoms. The van der Waals surface area contributed by atoms with Crippen molar-refractivity contribution in [1.82, 2.24) is 15.5 Å². The Balaban J connectivity index is 2.38. The molecule has 1 aromatic carbocycles. The number of likely N-dealkylation sites (N-methyl/N-ethyl adjacent to an activating group) is 1. The number of halogens is 1. The summed E-state index contributed by atoms with van der Waals surface area (Å²) in [5.41, 5.74) is 1.11. The van der Waals surface area contributed by atoms with Gasteiger partial charge in [-0.25, -0.2) is 4.79 Å². The molecular weight excluding hydrogens is 322 g/mol. The van der Waals surface area contributed by atoms with E-state index in [1.807, 2.05) is 50.1 Å². The second-order valence-electron chi connectivity index (χ2n) is 4.98. The average Bonchev–Trinajstić information content (AvgIpc) is 2.30. The first-order valence-corrected chi connectivity index (χ1v) is 7.19. The zero-order valence-electron chi connectivity index (χ0n) is 11.9. The van der Waals surface area contributed by atoms with Gasteiger partial charge in [-0.3, -0.25) is 15.0 Å². The monoisotopic (exact) mass is 341 g/mol. The fourth-order valence-corrected chi connectivity index (χ4v) is 1.93. The lowest BCUT2D eigenvalue weighted by molar-refractivity contribution is -0.120. The van der Waals surface area contributed by atoms with E-state index in [1.165, 1.54) is 0 Å². The van der Waals surface area contributed by atoms with Crippen molar-refractivity contribution < 1.29 is 9.59 Å². The smallest absolute Gasteiger partial charge is 0.321 e. The predicted octanol–water partition coefficient (Wildman–Crippen LogP) is 2.12. The van der Waals surface area contributed by atoms with Crippen LogP contribution in [0.1, 0.15) is 19.4 Å². The highest BCUT2D eigenvalue weighted by molar-refractivity contribution is 9.10. The molecule has 0 aliphatic carbocycles. The fourth-order valence-electron chi connectivity index (χ4n) is 1.67. The van der Waals surface area contributed by atoms with E-state index in [-0.39, 0.29) is 18.5 Å². The van der Waals surface area contributed by atoms with E-state index in [2.05, 4.69) is 26.6 Å². The molecule has 0 aliphatic rings. The summed E-state index contributed by atoms with van der Waals surface area (Å²) < 4.78 is 1.02. The summed E-state index contributed by atoms with van der Waals surface area (Å²) >= 11 is 3.38. The lowest BCUT2D eigenvalue weighted by Crippen LogP contribution is -2.45. The number of nitrogens with zero attached hydrogens (tertiary/aromatic N) is 1. The lowest BCUT2D eigenvalue weighted by Gasteiger charge is -2.16. The molecule has 110 valence electrons. The van der Waals surface area contributed by atoms with Crippen molar-refractivity contribution in [3.8, 4) is 0 Å². The summed E-state index contributed by atoms with van der Waals surface area (Å²) in [6.07, 6.45) is 0. The molecule has 0 saturated carbocycles. The highest BCUT2D eigenvalue weighted by Crippen LogP contribution is 2.11. The van der Waals surface area contributed by atoms with E-state index in [9.17, 15) is 9.59 Å². The number of imide groups is 1. The molecule has 0 atom stereocenters. The maximum atomic E-state index is 11.7. The van der Waals surface area contributed by atoms with Crippen molar-refractivity contribution in [3.05, 3.63) is 34.3 Å². The normalized spacial score (nSPS) is 10.7. The van der Waals surface area contributed by atoms with Crippen LogP contribution in [0.4, 0.5) is 4.79 Å². The van der Waals surface area contributed by atoms with Gasteiger partial charge in [-0.15, -0.1) is 0 Å². The van der Waals surface area contributed by atoms with Crippen LogP contribution in [-0.4, -0.2) is 36.5 Å². The number of hydrogen-bond donors (Lipinski definition) is 2. The number of rotatable bonds is 5. The molecule has 0 unspecified atom stereocenters. The maximum Gasteiger partial charge on any atom is 0.321 e. The van der Waals surface area contributed by atoms with Crippen LogP contribution >= 0.6 is 15.9 Å². The molecule has 0 aromatic heterocycles. The molecule has 0 heterocycles. The van der Waals surface area contributed by atoms with Gasteiger partial charge in [-0.1, -0.05) is 28.1 Å². The molecule has 0 radical (unpaired) electrons. The van der Waals surface area contributed by atoms with Gasteiger partial charge in [0.05, 0.1) is 6.54 Å². The number of urea groups is 1. The van der Waals surface area contributed by atoms with Crippen LogP contribution in [0, 0.1) is 0 Å². The van der Waals surface area contributed by atoms with Crippen LogP contribution in [0.2, 0.25) is 0 Å². The fraction of sp³-hybridized carbons (Fsp3) is 0.429. The van der Waals surface area contributed by atoms with Crippen molar-refractivity contribution in [3.63, 3.8) is 0 Å². The van der Waals surface area contributed by atoms with Gasteiger partial charge in [-0.05, 0) is 38.6 Å². The quantitative estimate of drug-likeness (QED) is 0.862. The van der Waals surface area contributed by atoms with Crippen molar-refractivity contribution in [2.24, 2.45) is 0 Å². The van der Waals surface area contributed by atoms with E-state index < -0.39 is 6.03 Å². The van der Waals surface area contributed by atoms with Gasteiger partial charge in [0.15, 0.2) is 0 Å². The zero-order valence-corrected chi connectivity index (χ0v) is 13.5. The van der Waals surface area contributed by atoms with Gasteiger partial charge < -0.3 is 5.32 Å². The Morgan fingerprint density at radius 3 is 2.40 bits per heavy atom. The molecule has 2 N–H and O–H groups in total. The van der Waals surface area contributed by atoms with Gasteiger partial charge in [0.2, 0.25) is 5.91 Å². The molecular formula is C14H20BrN3O2. The summed E-state index contributed by atoms with van der Waals surface area (Å²) in [5, 5.41) is 4.91. The Labute approximate surface area is 127 Å². The van der Waals surface area contributed by atoms with Gasteiger partial charge in [-0.2, -0.15) is 0 Å². The highest BCUT2D eigenvalue weighted by atomic mass is 79.9. The Morgan fingerprint density at radius 2 is 1.85 bits per heavy atom. The minimum absolute atomic E-state index is 0.00305. The van der Waals surface area contributed by atoms with Gasteiger partial charge >= 0.3 is 6.03 Å². The first-order chi connectivity index (χ1) is 9.36. The van der Waals surface area contributed by atoms with Crippen molar-refractivity contribution in [1.29, 1.82) is 0 Å². The third-order valence-electron chi connectivity index (χ3n) is 2.45. The zero-order chi connectivity index (χ0) is 15.1. The average molecular weight is 342 g/mol. The summed E-state index contributed by atoms with van der Waals surface area (Å²) in [6.45, 7) is 4.49. The summed E-state index contributed by atoms with van der Waals surface area (Å²) in [5.74, 6) is -0.317. The number of nitrogens with one attached hydrogen (secondary N) is 2. The molecule has 1 aromatic rings. The molecule has 0 aliphatic heterocycles. The molecule has 20 heavy (non-hydrogen) atoms. The third kappa shape index (κ3) is 6.68. The standard InChI is InChI=1S/C14H20BrN3O2/c1-10(2)16-14(20)17-13(19)9-18(3)8-11-4-6-12(15)7-5-11/h4-7,10H,8-9H2,1-3H3,(H2,16,17,19,20). The summed E-state index contributed by atoms with van der Waals surface area (Å²) in [6, 6.07) is 7.44. The van der Waals surface area contributed by atoms with E-state index in [0.717, 1.165) is 10.0 Å². The van der Waals surface area contributed by atoms with Gasteiger partial charge in [0.1, 0.15) is 0 Å². The maximum absolute atomic E-state index is 11.7. The minimum atomic E-state index is -0.456. The number of hydrogen-bond acceptors (Lipinski definition) is 3. The van der Waals surface area contributed by atoms with Crippen LogP contribution in [0.3, 0.4) is 0 Å². The Hall–Kier alpha value is -1.40. The highest BCUT2D eigenvalue weighted by Gasteiger charge is 2.11. The molecule has 0 saturated heterocycles. The van der Waals surface area contributed by atoms with Crippen molar-refractivity contribution in [2.75, 3.05) is 13.6 Å². The molecule has 0 fully saturated rings. The SMILES string of the molecule is CC(C)NC(=O)NC(=O)CN(C)Cc1ccc(Br)cc1. The van der Waals surface area contributed by atoms with Crippen LogP contribution in [0.25, 0.3) is 0 Å². The lowest BCUT2D eigenvalue weighted by atomic mass is 10.2. The van der Waals surface area contributed by atoms with E-state index in [4.69, 9.17) is 0 Å². The Kier molecular flexibility index (Phi) is 6.67. The third-order valence-corrected chi connectivity index (χ3v) is 2.98. The first-order valence-electron chi connectivity index (χ1n) is 6.40. The van der Waals surface area contributed by atoms with E-state index >= 15 is 0 Å². The van der Waals surface area contributed by atoms with Crippen LogP contribution in [0.15, 0.2) is 28.7 Å². The summed E-state index contributed by atoms with van der Waals surface area (Å²) in [4.78, 5) is 24.9. The van der Waals surface area contributed by atoms with Gasteiger partial charge in [0.25, 0.3) is 0 Å². The van der Waals surface area contributed by atoms with Crippen LogP contribution in [0.5, 0.6) is 0 Å². The summed E-state index contributed by atoms with van der Waals surface area (Å²) in [7, 11) is 1.84. The first kappa shape index (κ1) is 16.7. The minimum Gasteiger partial charge on any atom is -0.336 e. The molecule has 0 spiro atoms. The second kappa shape index (κ2) is 8.01. The van der Waals surface area contributed by atoms with Crippen LogP contribution in [-0.2, 0) is 11.3 Å². The van der Waals surface area contributed by atoms with Gasteiger partial charge in [0, 0.05) is 17.1 Å². The number of amides is 3. The Bertz CT molecular complexity index is 460.